The van der Waals surface area contributed by atoms with E-state index in [0.717, 1.165) is 23.4 Å². The van der Waals surface area contributed by atoms with Crippen molar-refractivity contribution in [2.45, 2.75) is 13.8 Å². The van der Waals surface area contributed by atoms with Crippen LogP contribution in [0.1, 0.15) is 23.3 Å². The minimum absolute atomic E-state index is 0.217. The number of hydrogen-bond acceptors (Lipinski definition) is 7. The highest BCUT2D eigenvalue weighted by Crippen LogP contribution is 2.29. The van der Waals surface area contributed by atoms with Crippen molar-refractivity contribution in [1.82, 2.24) is 9.97 Å². The Labute approximate surface area is 179 Å². The Morgan fingerprint density at radius 2 is 1.77 bits per heavy atom. The highest BCUT2D eigenvalue weighted by atomic mass is 16.5. The summed E-state index contributed by atoms with van der Waals surface area (Å²) in [6.07, 6.45) is 0. The Balaban J connectivity index is 1.46. The summed E-state index contributed by atoms with van der Waals surface area (Å²) in [5.74, 6) is 2.60. The van der Waals surface area contributed by atoms with E-state index in [1.54, 1.807) is 19.2 Å². The van der Waals surface area contributed by atoms with Gasteiger partial charge in [0.25, 0.3) is 5.91 Å². The fourth-order valence-electron chi connectivity index (χ4n) is 3.19. The lowest BCUT2D eigenvalue weighted by Crippen LogP contribution is -2.10. The quantitative estimate of drug-likeness (QED) is 0.390. The normalized spacial score (nSPS) is 10.7. The molecule has 8 nitrogen and oxygen atoms in total. The molecule has 4 rings (SSSR count). The number of amides is 1. The van der Waals surface area contributed by atoms with E-state index in [1.807, 2.05) is 56.3 Å². The molecule has 0 fully saturated rings. The van der Waals surface area contributed by atoms with Gasteiger partial charge in [-0.2, -0.15) is 0 Å². The molecule has 0 aliphatic carbocycles. The Bertz CT molecular complexity index is 1220. The topological polar surface area (TPSA) is 101 Å². The lowest BCUT2D eigenvalue weighted by Gasteiger charge is -2.10. The average Bonchev–Trinajstić information content (AvgIpc) is 3.20. The molecule has 1 amide bonds. The largest absolute Gasteiger partial charge is 0.493 e. The first-order valence-electron chi connectivity index (χ1n) is 9.90. The number of aryl methyl sites for hydroxylation is 1. The molecular formula is C23H23N5O3. The van der Waals surface area contributed by atoms with Crippen LogP contribution in [0.4, 0.5) is 23.0 Å². The van der Waals surface area contributed by atoms with Crippen molar-refractivity contribution in [1.29, 1.82) is 0 Å². The van der Waals surface area contributed by atoms with Gasteiger partial charge in [0.1, 0.15) is 17.5 Å². The first-order valence-corrected chi connectivity index (χ1v) is 9.90. The Morgan fingerprint density at radius 3 is 2.52 bits per heavy atom. The molecule has 0 unspecified atom stereocenters. The first kappa shape index (κ1) is 20.2. The van der Waals surface area contributed by atoms with Gasteiger partial charge in [0.15, 0.2) is 17.1 Å². The zero-order valence-corrected chi connectivity index (χ0v) is 17.5. The maximum atomic E-state index is 12.6. The minimum Gasteiger partial charge on any atom is -0.493 e. The zero-order chi connectivity index (χ0) is 21.8. The molecule has 31 heavy (non-hydrogen) atoms. The van der Waals surface area contributed by atoms with Gasteiger partial charge in [0.05, 0.1) is 7.11 Å². The number of rotatable bonds is 7. The number of carbonyl (C=O) groups excluding carboxylic acids is 1. The summed E-state index contributed by atoms with van der Waals surface area (Å²) in [6, 6.07) is 16.4. The van der Waals surface area contributed by atoms with Gasteiger partial charge in [0, 0.05) is 29.4 Å². The number of benzene rings is 2. The molecule has 4 aromatic rings. The van der Waals surface area contributed by atoms with Crippen molar-refractivity contribution in [3.63, 3.8) is 0 Å². The summed E-state index contributed by atoms with van der Waals surface area (Å²) < 4.78 is 11.0. The van der Waals surface area contributed by atoms with Crippen LogP contribution in [0, 0.1) is 6.92 Å². The fraction of sp³-hybridized carbons (Fsp3) is 0.174. The summed E-state index contributed by atoms with van der Waals surface area (Å²) in [4.78, 5) is 21.4. The van der Waals surface area contributed by atoms with Gasteiger partial charge in [0.2, 0.25) is 0 Å². The second kappa shape index (κ2) is 8.74. The van der Waals surface area contributed by atoms with Gasteiger partial charge in [-0.15, -0.1) is 0 Å². The summed E-state index contributed by atoms with van der Waals surface area (Å²) in [5, 5.41) is 10.1. The van der Waals surface area contributed by atoms with E-state index in [2.05, 4.69) is 25.9 Å². The number of para-hydroxylation sites is 1. The monoisotopic (exact) mass is 417 g/mol. The van der Waals surface area contributed by atoms with Crippen LogP contribution >= 0.6 is 0 Å². The van der Waals surface area contributed by atoms with Crippen LogP contribution in [0.25, 0.3) is 11.0 Å². The molecular weight excluding hydrogens is 394 g/mol. The van der Waals surface area contributed by atoms with Crippen LogP contribution in [-0.2, 0) is 0 Å². The smallest absolute Gasteiger partial charge is 0.291 e. The van der Waals surface area contributed by atoms with E-state index < -0.39 is 0 Å². The van der Waals surface area contributed by atoms with Gasteiger partial charge < -0.3 is 25.1 Å². The van der Waals surface area contributed by atoms with Gasteiger partial charge in [-0.3, -0.25) is 4.79 Å². The number of fused-ring (bicyclic) bond motifs is 1. The molecule has 0 radical (unpaired) electrons. The maximum absolute atomic E-state index is 12.6. The zero-order valence-electron chi connectivity index (χ0n) is 17.5. The molecule has 0 spiro atoms. The van der Waals surface area contributed by atoms with Crippen LogP contribution in [0.2, 0.25) is 0 Å². The van der Waals surface area contributed by atoms with Crippen molar-refractivity contribution in [3.8, 4) is 5.75 Å². The lowest BCUT2D eigenvalue weighted by molar-refractivity contribution is 0.0998. The predicted molar refractivity (Wildman–Crippen MR) is 121 cm³/mol. The standard InChI is InChI=1S/C23H23N5O3/c1-4-24-20-13-21(26-14(2)25-20)27-16-8-10-17(11-9-16)28-23(29)19-12-15-6-5-7-18(30-3)22(15)31-19/h5-13H,4H2,1-3H3,(H,28,29)(H2,24,25,26,27). The van der Waals surface area contributed by atoms with Crippen molar-refractivity contribution in [3.05, 3.63) is 66.2 Å². The fourth-order valence-corrected chi connectivity index (χ4v) is 3.19. The third-order valence-electron chi connectivity index (χ3n) is 4.56. The third-order valence-corrected chi connectivity index (χ3v) is 4.56. The average molecular weight is 417 g/mol. The number of methoxy groups -OCH3 is 1. The lowest BCUT2D eigenvalue weighted by atomic mass is 10.2. The number of ether oxygens (including phenoxy) is 1. The van der Waals surface area contributed by atoms with Crippen molar-refractivity contribution >= 4 is 39.9 Å². The number of aromatic nitrogens is 2. The number of hydrogen-bond donors (Lipinski definition) is 3. The van der Waals surface area contributed by atoms with Crippen molar-refractivity contribution in [2.75, 3.05) is 29.6 Å². The minimum atomic E-state index is -0.333. The van der Waals surface area contributed by atoms with Crippen LogP contribution in [0.3, 0.4) is 0 Å². The van der Waals surface area contributed by atoms with E-state index in [4.69, 9.17) is 9.15 Å². The maximum Gasteiger partial charge on any atom is 0.291 e. The number of anilines is 4. The van der Waals surface area contributed by atoms with Gasteiger partial charge >= 0.3 is 0 Å². The van der Waals surface area contributed by atoms with Crippen molar-refractivity contribution < 1.29 is 13.9 Å². The summed E-state index contributed by atoms with van der Waals surface area (Å²) in [7, 11) is 1.57. The molecule has 0 atom stereocenters. The molecule has 0 aliphatic heterocycles. The number of carbonyl (C=O) groups is 1. The first-order chi connectivity index (χ1) is 15.1. The van der Waals surface area contributed by atoms with Crippen LogP contribution in [-0.4, -0.2) is 29.5 Å². The highest BCUT2D eigenvalue weighted by Gasteiger charge is 2.15. The van der Waals surface area contributed by atoms with E-state index in [-0.39, 0.29) is 11.7 Å². The van der Waals surface area contributed by atoms with Crippen LogP contribution < -0.4 is 20.7 Å². The molecule has 2 aromatic heterocycles. The highest BCUT2D eigenvalue weighted by molar-refractivity contribution is 6.05. The SMILES string of the molecule is CCNc1cc(Nc2ccc(NC(=O)c3cc4cccc(OC)c4o3)cc2)nc(C)n1. The molecule has 0 saturated heterocycles. The van der Waals surface area contributed by atoms with Gasteiger partial charge in [-0.25, -0.2) is 9.97 Å². The van der Waals surface area contributed by atoms with Crippen LogP contribution in [0.15, 0.2) is 59.0 Å². The second-order valence-corrected chi connectivity index (χ2v) is 6.86. The van der Waals surface area contributed by atoms with E-state index in [0.29, 0.717) is 28.7 Å². The van der Waals surface area contributed by atoms with E-state index in [1.165, 1.54) is 0 Å². The molecule has 158 valence electrons. The van der Waals surface area contributed by atoms with Gasteiger partial charge in [-0.1, -0.05) is 12.1 Å². The number of nitrogens with zero attached hydrogens (tertiary/aromatic N) is 2. The molecule has 0 saturated carbocycles. The Morgan fingerprint density at radius 1 is 1.03 bits per heavy atom. The summed E-state index contributed by atoms with van der Waals surface area (Å²) in [5.41, 5.74) is 2.04. The molecule has 2 aromatic carbocycles. The Kier molecular flexibility index (Phi) is 5.70. The summed E-state index contributed by atoms with van der Waals surface area (Å²) in [6.45, 7) is 4.64. The van der Waals surface area contributed by atoms with Gasteiger partial charge in [-0.05, 0) is 50.2 Å². The van der Waals surface area contributed by atoms with Crippen molar-refractivity contribution in [2.24, 2.45) is 0 Å². The van der Waals surface area contributed by atoms with E-state index >= 15 is 0 Å². The second-order valence-electron chi connectivity index (χ2n) is 6.86. The third kappa shape index (κ3) is 4.58. The predicted octanol–water partition coefficient (Wildman–Crippen LogP) is 4.97. The molecule has 2 heterocycles. The molecule has 3 N–H and O–H groups in total. The number of nitrogens with one attached hydrogen (secondary N) is 3. The number of furan rings is 1. The molecule has 8 heteroatoms. The Hall–Kier alpha value is -4.07. The van der Waals surface area contributed by atoms with Crippen LogP contribution in [0.5, 0.6) is 5.75 Å². The van der Waals surface area contributed by atoms with E-state index in [9.17, 15) is 4.79 Å². The summed E-state index contributed by atoms with van der Waals surface area (Å²) >= 11 is 0. The molecule has 0 bridgehead atoms. The molecule has 0 aliphatic rings.